The van der Waals surface area contributed by atoms with E-state index in [1.165, 1.54) is 5.56 Å². The molecule has 0 unspecified atom stereocenters. The van der Waals surface area contributed by atoms with Crippen LogP contribution in [0.25, 0.3) is 11.3 Å². The van der Waals surface area contributed by atoms with E-state index in [-0.39, 0.29) is 11.9 Å². The predicted molar refractivity (Wildman–Crippen MR) is 90.5 cm³/mol. The molecule has 24 heavy (non-hydrogen) atoms. The van der Waals surface area contributed by atoms with E-state index in [1.807, 2.05) is 42.6 Å². The first-order valence-corrected chi connectivity index (χ1v) is 8.12. The molecule has 0 aliphatic heterocycles. The van der Waals surface area contributed by atoms with E-state index < -0.39 is 0 Å². The fraction of sp³-hybridized carbons (Fsp3) is 0.278. The van der Waals surface area contributed by atoms with Crippen molar-refractivity contribution < 1.29 is 4.79 Å². The zero-order valence-corrected chi connectivity index (χ0v) is 13.5. The van der Waals surface area contributed by atoms with Crippen LogP contribution in [0.4, 0.5) is 0 Å². The van der Waals surface area contributed by atoms with Crippen molar-refractivity contribution in [2.24, 2.45) is 7.05 Å². The summed E-state index contributed by atoms with van der Waals surface area (Å²) < 4.78 is 1.64. The first-order chi connectivity index (χ1) is 11.7. The number of hydrogen-bond donors (Lipinski definition) is 2. The van der Waals surface area contributed by atoms with Crippen LogP contribution in [0.3, 0.4) is 0 Å². The number of hydrogen-bond acceptors (Lipinski definition) is 3. The molecule has 0 saturated heterocycles. The molecule has 2 N–H and O–H groups in total. The number of carbonyl (C=O) groups is 1. The fourth-order valence-electron chi connectivity index (χ4n) is 3.22. The van der Waals surface area contributed by atoms with Crippen LogP contribution in [0.15, 0.2) is 42.6 Å². The Hall–Kier alpha value is -2.89. The molecule has 0 radical (unpaired) electrons. The minimum atomic E-state index is -0.0832. The van der Waals surface area contributed by atoms with Crippen molar-refractivity contribution in [1.82, 2.24) is 25.3 Å². The highest BCUT2D eigenvalue weighted by Gasteiger charge is 2.23. The van der Waals surface area contributed by atoms with Crippen molar-refractivity contribution in [3.63, 3.8) is 0 Å². The molecule has 122 valence electrons. The number of benzene rings is 1. The Labute approximate surface area is 139 Å². The number of carbonyl (C=O) groups excluding carboxylic acids is 1. The Morgan fingerprint density at radius 3 is 3.00 bits per heavy atom. The lowest BCUT2D eigenvalue weighted by Gasteiger charge is -2.22. The highest BCUT2D eigenvalue weighted by Crippen LogP contribution is 2.21. The average molecular weight is 321 g/mol. The van der Waals surface area contributed by atoms with Gasteiger partial charge in [0.05, 0.1) is 11.9 Å². The molecule has 1 aliphatic rings. The topological polar surface area (TPSA) is 75.6 Å². The highest BCUT2D eigenvalue weighted by molar-refractivity contribution is 5.93. The zero-order valence-electron chi connectivity index (χ0n) is 13.5. The second-order valence-electron chi connectivity index (χ2n) is 6.19. The van der Waals surface area contributed by atoms with Gasteiger partial charge in [0.15, 0.2) is 0 Å². The summed E-state index contributed by atoms with van der Waals surface area (Å²) in [6.07, 6.45) is 4.55. The third-order valence-corrected chi connectivity index (χ3v) is 4.54. The second kappa shape index (κ2) is 5.96. The molecular formula is C18H19N5O. The normalized spacial score (nSPS) is 16.6. The standard InChI is InChI=1S/C18H19N5O/c1-23-17(10-16(22-23)12-5-3-2-4-6-12)18(24)20-14-8-7-13-11-19-21-15(13)9-14/h2-6,10-11,14H,7-9H2,1H3,(H,19,21)(H,20,24)/t14-/m1/s1. The fourth-order valence-corrected chi connectivity index (χ4v) is 3.22. The number of nitrogens with one attached hydrogen (secondary N) is 2. The van der Waals surface area contributed by atoms with Gasteiger partial charge >= 0.3 is 0 Å². The van der Waals surface area contributed by atoms with Crippen LogP contribution >= 0.6 is 0 Å². The lowest BCUT2D eigenvalue weighted by molar-refractivity contribution is 0.0924. The Bertz CT molecular complexity index is 865. The molecule has 0 fully saturated rings. The molecule has 0 bridgehead atoms. The first kappa shape index (κ1) is 14.7. The molecule has 2 aromatic heterocycles. The molecule has 1 amide bonds. The molecule has 2 heterocycles. The summed E-state index contributed by atoms with van der Waals surface area (Å²) in [5, 5.41) is 14.7. The predicted octanol–water partition coefficient (Wildman–Crippen LogP) is 2.10. The van der Waals surface area contributed by atoms with E-state index in [2.05, 4.69) is 20.6 Å². The zero-order chi connectivity index (χ0) is 16.5. The van der Waals surface area contributed by atoms with Gasteiger partial charge in [-0.1, -0.05) is 30.3 Å². The van der Waals surface area contributed by atoms with Crippen LogP contribution in [-0.2, 0) is 19.9 Å². The number of aryl methyl sites for hydroxylation is 2. The summed E-state index contributed by atoms with van der Waals surface area (Å²) in [5.74, 6) is -0.0832. The number of H-pyrrole nitrogens is 1. The van der Waals surface area contributed by atoms with Crippen molar-refractivity contribution in [3.05, 3.63) is 59.5 Å². The summed E-state index contributed by atoms with van der Waals surface area (Å²) in [4.78, 5) is 12.6. The van der Waals surface area contributed by atoms with Crippen molar-refractivity contribution in [1.29, 1.82) is 0 Å². The van der Waals surface area contributed by atoms with Gasteiger partial charge in [0.1, 0.15) is 5.69 Å². The van der Waals surface area contributed by atoms with Gasteiger partial charge in [0.25, 0.3) is 5.91 Å². The monoisotopic (exact) mass is 321 g/mol. The lowest BCUT2D eigenvalue weighted by atomic mass is 9.93. The first-order valence-electron chi connectivity index (χ1n) is 8.12. The van der Waals surface area contributed by atoms with E-state index in [9.17, 15) is 4.79 Å². The molecule has 0 saturated carbocycles. The lowest BCUT2D eigenvalue weighted by Crippen LogP contribution is -2.39. The van der Waals surface area contributed by atoms with Crippen molar-refractivity contribution >= 4 is 5.91 Å². The van der Waals surface area contributed by atoms with Gasteiger partial charge in [-0.15, -0.1) is 0 Å². The summed E-state index contributed by atoms with van der Waals surface area (Å²) in [5.41, 5.74) is 4.77. The van der Waals surface area contributed by atoms with Crippen molar-refractivity contribution in [3.8, 4) is 11.3 Å². The minimum absolute atomic E-state index is 0.0832. The summed E-state index contributed by atoms with van der Waals surface area (Å²) in [6, 6.07) is 11.8. The van der Waals surface area contributed by atoms with Gasteiger partial charge in [-0.05, 0) is 24.5 Å². The van der Waals surface area contributed by atoms with E-state index in [0.717, 1.165) is 36.2 Å². The Morgan fingerprint density at radius 1 is 1.33 bits per heavy atom. The van der Waals surface area contributed by atoms with Gasteiger partial charge in [-0.25, -0.2) is 0 Å². The summed E-state index contributed by atoms with van der Waals surface area (Å²) >= 11 is 0. The van der Waals surface area contributed by atoms with Crippen LogP contribution < -0.4 is 5.32 Å². The van der Waals surface area contributed by atoms with E-state index >= 15 is 0 Å². The highest BCUT2D eigenvalue weighted by atomic mass is 16.2. The van der Waals surface area contributed by atoms with E-state index in [4.69, 9.17) is 0 Å². The molecular weight excluding hydrogens is 302 g/mol. The van der Waals surface area contributed by atoms with Gasteiger partial charge in [-0.3, -0.25) is 14.6 Å². The van der Waals surface area contributed by atoms with E-state index in [1.54, 1.807) is 11.7 Å². The second-order valence-corrected chi connectivity index (χ2v) is 6.19. The Morgan fingerprint density at radius 2 is 2.17 bits per heavy atom. The smallest absolute Gasteiger partial charge is 0.269 e. The van der Waals surface area contributed by atoms with Crippen molar-refractivity contribution in [2.45, 2.75) is 25.3 Å². The number of rotatable bonds is 3. The number of aromatic amines is 1. The molecule has 3 aromatic rings. The summed E-state index contributed by atoms with van der Waals surface area (Å²) in [7, 11) is 1.80. The Kier molecular flexibility index (Phi) is 3.65. The van der Waals surface area contributed by atoms with Gasteiger partial charge in [-0.2, -0.15) is 10.2 Å². The number of nitrogens with zero attached hydrogens (tertiary/aromatic N) is 3. The van der Waals surface area contributed by atoms with E-state index in [0.29, 0.717) is 5.69 Å². The third-order valence-electron chi connectivity index (χ3n) is 4.54. The van der Waals surface area contributed by atoms with Crippen LogP contribution in [-0.4, -0.2) is 31.9 Å². The SMILES string of the molecule is Cn1nc(-c2ccccc2)cc1C(=O)N[C@@H]1CCc2cn[nH]c2C1. The van der Waals surface area contributed by atoms with Crippen LogP contribution in [0.2, 0.25) is 0 Å². The van der Waals surface area contributed by atoms with Crippen molar-refractivity contribution in [2.75, 3.05) is 0 Å². The third kappa shape index (κ3) is 2.71. The average Bonchev–Trinajstić information content (AvgIpc) is 3.21. The van der Waals surface area contributed by atoms with Crippen LogP contribution in [0.5, 0.6) is 0 Å². The maximum absolute atomic E-state index is 12.6. The Balaban J connectivity index is 1.50. The van der Waals surface area contributed by atoms with Crippen LogP contribution in [0, 0.1) is 0 Å². The largest absolute Gasteiger partial charge is 0.348 e. The van der Waals surface area contributed by atoms with Gasteiger partial charge < -0.3 is 5.32 Å². The minimum Gasteiger partial charge on any atom is -0.348 e. The summed E-state index contributed by atoms with van der Waals surface area (Å²) in [6.45, 7) is 0. The molecule has 6 heteroatoms. The number of amides is 1. The molecule has 0 spiro atoms. The maximum atomic E-state index is 12.6. The quantitative estimate of drug-likeness (QED) is 0.775. The number of fused-ring (bicyclic) bond motifs is 1. The molecule has 1 aromatic carbocycles. The molecule has 4 rings (SSSR count). The molecule has 6 nitrogen and oxygen atoms in total. The van der Waals surface area contributed by atoms with Gasteiger partial charge in [0, 0.05) is 30.8 Å². The van der Waals surface area contributed by atoms with Crippen LogP contribution in [0.1, 0.15) is 28.2 Å². The molecule has 1 atom stereocenters. The molecule has 1 aliphatic carbocycles. The number of aromatic nitrogens is 4. The maximum Gasteiger partial charge on any atom is 0.269 e. The van der Waals surface area contributed by atoms with Gasteiger partial charge in [0.2, 0.25) is 0 Å².